The maximum atomic E-state index is 13.6. The number of furan rings is 1. The third-order valence-corrected chi connectivity index (χ3v) is 5.87. The quantitative estimate of drug-likeness (QED) is 0.556. The molecule has 5 rings (SSSR count). The first kappa shape index (κ1) is 19.9. The lowest BCUT2D eigenvalue weighted by Crippen LogP contribution is -2.34. The van der Waals surface area contributed by atoms with E-state index in [1.807, 2.05) is 29.2 Å². The summed E-state index contributed by atoms with van der Waals surface area (Å²) in [5.41, 5.74) is 3.41. The molecule has 0 unspecified atom stereocenters. The van der Waals surface area contributed by atoms with Gasteiger partial charge in [-0.25, -0.2) is 0 Å². The summed E-state index contributed by atoms with van der Waals surface area (Å²) in [6.45, 7) is 0.694. The van der Waals surface area contributed by atoms with Crippen LogP contribution in [0.15, 0.2) is 71.0 Å². The van der Waals surface area contributed by atoms with Crippen molar-refractivity contribution in [2.45, 2.75) is 13.0 Å². The minimum absolute atomic E-state index is 0.0699. The lowest BCUT2D eigenvalue weighted by atomic mass is 10.0. The molecule has 0 atom stereocenters. The van der Waals surface area contributed by atoms with Crippen LogP contribution in [0, 0.1) is 0 Å². The number of carbonyl (C=O) groups excluding carboxylic acids is 2. The van der Waals surface area contributed by atoms with Crippen LogP contribution >= 0.6 is 0 Å². The summed E-state index contributed by atoms with van der Waals surface area (Å²) in [5.74, 6) is 0.880. The molecule has 2 aromatic carbocycles. The molecule has 3 aromatic rings. The fourth-order valence-electron chi connectivity index (χ4n) is 4.34. The van der Waals surface area contributed by atoms with Crippen molar-refractivity contribution in [1.82, 2.24) is 4.90 Å². The van der Waals surface area contributed by atoms with Crippen molar-refractivity contribution in [3.05, 3.63) is 83.4 Å². The Labute approximate surface area is 185 Å². The van der Waals surface area contributed by atoms with E-state index in [0.29, 0.717) is 40.6 Å². The highest BCUT2D eigenvalue weighted by atomic mass is 16.5. The van der Waals surface area contributed by atoms with Crippen molar-refractivity contribution in [1.29, 1.82) is 0 Å². The molecule has 2 aliphatic heterocycles. The number of ether oxygens (including phenoxy) is 2. The van der Waals surface area contributed by atoms with Crippen LogP contribution < -0.4 is 14.4 Å². The third-order valence-electron chi connectivity index (χ3n) is 5.87. The molecule has 162 valence electrons. The Kier molecular flexibility index (Phi) is 4.93. The zero-order chi connectivity index (χ0) is 22.2. The van der Waals surface area contributed by atoms with Crippen LogP contribution in [0.4, 0.5) is 5.69 Å². The van der Waals surface area contributed by atoms with Crippen LogP contribution in [0.2, 0.25) is 0 Å². The van der Waals surface area contributed by atoms with Gasteiger partial charge in [0, 0.05) is 12.2 Å². The van der Waals surface area contributed by atoms with E-state index in [1.165, 1.54) is 11.2 Å². The number of amides is 2. The molecule has 0 saturated heterocycles. The molecule has 0 saturated carbocycles. The largest absolute Gasteiger partial charge is 0.493 e. The molecule has 32 heavy (non-hydrogen) atoms. The maximum absolute atomic E-state index is 13.6. The number of para-hydroxylation sites is 1. The van der Waals surface area contributed by atoms with Crippen molar-refractivity contribution in [3.63, 3.8) is 0 Å². The summed E-state index contributed by atoms with van der Waals surface area (Å²) in [6.07, 6.45) is 2.33. The Hall–Kier alpha value is -4.00. The number of anilines is 1. The molecular weight excluding hydrogens is 408 g/mol. The molecule has 7 heteroatoms. The average molecular weight is 430 g/mol. The zero-order valence-corrected chi connectivity index (χ0v) is 17.8. The molecule has 7 nitrogen and oxygen atoms in total. The van der Waals surface area contributed by atoms with E-state index in [0.717, 1.165) is 17.7 Å². The second-order valence-corrected chi connectivity index (χ2v) is 7.60. The summed E-state index contributed by atoms with van der Waals surface area (Å²) in [4.78, 5) is 30.4. The Bertz CT molecular complexity index is 1230. The molecule has 0 aliphatic carbocycles. The lowest BCUT2D eigenvalue weighted by Gasteiger charge is -2.21. The van der Waals surface area contributed by atoms with E-state index < -0.39 is 0 Å². The fraction of sp³-hybridized carbons (Fsp3) is 0.200. The number of hydrogen-bond acceptors (Lipinski definition) is 6. The maximum Gasteiger partial charge on any atom is 0.278 e. The Morgan fingerprint density at radius 2 is 1.75 bits per heavy atom. The second kappa shape index (κ2) is 7.92. The number of hydrogen-bond donors (Lipinski definition) is 0. The van der Waals surface area contributed by atoms with Gasteiger partial charge < -0.3 is 18.8 Å². The molecule has 0 spiro atoms. The standard InChI is InChI=1S/C25H22N2O5/c1-30-20-10-9-17(14-21(20)31-2)22-23(26-12-11-16-6-3-4-8-19(16)26)25(29)27(24(22)28)15-18-7-5-13-32-18/h3-10,13-14H,11-12,15H2,1-2H3. The first-order chi connectivity index (χ1) is 15.6. The van der Waals surface area contributed by atoms with Gasteiger partial charge in [0.05, 0.1) is 32.6 Å². The number of fused-ring (bicyclic) bond motifs is 1. The van der Waals surface area contributed by atoms with Crippen molar-refractivity contribution in [2.24, 2.45) is 0 Å². The van der Waals surface area contributed by atoms with Crippen molar-refractivity contribution in [3.8, 4) is 11.5 Å². The van der Waals surface area contributed by atoms with Gasteiger partial charge in [0.15, 0.2) is 11.5 Å². The highest BCUT2D eigenvalue weighted by Gasteiger charge is 2.43. The van der Waals surface area contributed by atoms with Gasteiger partial charge in [-0.1, -0.05) is 24.3 Å². The van der Waals surface area contributed by atoms with Gasteiger partial charge in [0.1, 0.15) is 11.5 Å². The smallest absolute Gasteiger partial charge is 0.278 e. The van der Waals surface area contributed by atoms with Crippen molar-refractivity contribution in [2.75, 3.05) is 25.7 Å². The molecule has 2 amide bonds. The van der Waals surface area contributed by atoms with E-state index in [-0.39, 0.29) is 18.4 Å². The molecule has 0 bridgehead atoms. The SMILES string of the molecule is COc1ccc(C2=C(N3CCc4ccccc43)C(=O)N(Cc3ccco3)C2=O)cc1OC. The van der Waals surface area contributed by atoms with Crippen LogP contribution in [0.5, 0.6) is 11.5 Å². The van der Waals surface area contributed by atoms with E-state index in [4.69, 9.17) is 13.9 Å². The number of imide groups is 1. The molecule has 3 heterocycles. The summed E-state index contributed by atoms with van der Waals surface area (Å²) in [5, 5.41) is 0. The first-order valence-corrected chi connectivity index (χ1v) is 10.3. The van der Waals surface area contributed by atoms with Gasteiger partial charge >= 0.3 is 0 Å². The third kappa shape index (κ3) is 3.13. The lowest BCUT2D eigenvalue weighted by molar-refractivity contribution is -0.137. The molecular formula is C25H22N2O5. The molecule has 0 fully saturated rings. The number of methoxy groups -OCH3 is 2. The topological polar surface area (TPSA) is 72.2 Å². The monoisotopic (exact) mass is 430 g/mol. The summed E-state index contributed by atoms with van der Waals surface area (Å²) >= 11 is 0. The molecule has 0 radical (unpaired) electrons. The summed E-state index contributed by atoms with van der Waals surface area (Å²) in [7, 11) is 3.09. The number of benzene rings is 2. The van der Waals surface area contributed by atoms with E-state index in [2.05, 4.69) is 0 Å². The zero-order valence-electron chi connectivity index (χ0n) is 17.8. The Balaban J connectivity index is 1.65. The number of carbonyl (C=O) groups is 2. The first-order valence-electron chi connectivity index (χ1n) is 10.3. The highest BCUT2D eigenvalue weighted by Crippen LogP contribution is 2.40. The van der Waals surface area contributed by atoms with Crippen LogP contribution in [-0.4, -0.2) is 37.5 Å². The van der Waals surface area contributed by atoms with Crippen molar-refractivity contribution < 1.29 is 23.5 Å². The van der Waals surface area contributed by atoms with Gasteiger partial charge in [-0.3, -0.25) is 14.5 Å². The average Bonchev–Trinajstić information content (AvgIpc) is 3.54. The molecule has 0 N–H and O–H groups in total. The highest BCUT2D eigenvalue weighted by molar-refractivity contribution is 6.36. The van der Waals surface area contributed by atoms with E-state index in [1.54, 1.807) is 44.6 Å². The van der Waals surface area contributed by atoms with Crippen LogP contribution in [0.25, 0.3) is 5.57 Å². The molecule has 1 aromatic heterocycles. The van der Waals surface area contributed by atoms with Gasteiger partial charge in [0.2, 0.25) is 0 Å². The minimum atomic E-state index is -0.363. The van der Waals surface area contributed by atoms with Gasteiger partial charge in [0.25, 0.3) is 11.8 Å². The van der Waals surface area contributed by atoms with Crippen LogP contribution in [0.1, 0.15) is 16.9 Å². The summed E-state index contributed by atoms with van der Waals surface area (Å²) < 4.78 is 16.2. The van der Waals surface area contributed by atoms with Crippen LogP contribution in [0.3, 0.4) is 0 Å². The Morgan fingerprint density at radius 3 is 2.50 bits per heavy atom. The van der Waals surface area contributed by atoms with Crippen molar-refractivity contribution >= 4 is 23.1 Å². The molecule has 2 aliphatic rings. The van der Waals surface area contributed by atoms with E-state index in [9.17, 15) is 9.59 Å². The predicted molar refractivity (Wildman–Crippen MR) is 118 cm³/mol. The van der Waals surface area contributed by atoms with Gasteiger partial charge in [-0.2, -0.15) is 0 Å². The number of rotatable bonds is 6. The summed E-state index contributed by atoms with van der Waals surface area (Å²) in [6, 6.07) is 16.7. The normalized spacial score (nSPS) is 15.6. The second-order valence-electron chi connectivity index (χ2n) is 7.60. The van der Waals surface area contributed by atoms with Gasteiger partial charge in [-0.15, -0.1) is 0 Å². The Morgan fingerprint density at radius 1 is 0.938 bits per heavy atom. The predicted octanol–water partition coefficient (Wildman–Crippen LogP) is 3.64. The number of nitrogens with zero attached hydrogens (tertiary/aromatic N) is 2. The minimum Gasteiger partial charge on any atom is -0.493 e. The van der Waals surface area contributed by atoms with Crippen LogP contribution in [-0.2, 0) is 22.6 Å². The van der Waals surface area contributed by atoms with E-state index >= 15 is 0 Å². The van der Waals surface area contributed by atoms with Gasteiger partial charge in [-0.05, 0) is 47.9 Å². The fourth-order valence-corrected chi connectivity index (χ4v) is 4.34.